The lowest BCUT2D eigenvalue weighted by atomic mass is 9.92. The fourth-order valence-corrected chi connectivity index (χ4v) is 4.10. The molecule has 1 heterocycles. The van der Waals surface area contributed by atoms with Crippen LogP contribution in [0.1, 0.15) is 41.4 Å². The Balaban J connectivity index is 1.99. The zero-order valence-corrected chi connectivity index (χ0v) is 16.6. The van der Waals surface area contributed by atoms with Crippen molar-refractivity contribution in [3.05, 3.63) is 77.9 Å². The lowest BCUT2D eigenvalue weighted by Gasteiger charge is -2.47. The van der Waals surface area contributed by atoms with Gasteiger partial charge in [0.15, 0.2) is 0 Å². The molecule has 3 unspecified atom stereocenters. The number of phenols is 1. The third kappa shape index (κ3) is 4.26. The summed E-state index contributed by atoms with van der Waals surface area (Å²) in [5, 5.41) is 10.1. The molecule has 0 aromatic heterocycles. The van der Waals surface area contributed by atoms with Gasteiger partial charge in [-0.05, 0) is 49.2 Å². The van der Waals surface area contributed by atoms with Gasteiger partial charge in [0.05, 0.1) is 6.04 Å². The molecule has 1 amide bonds. The van der Waals surface area contributed by atoms with E-state index in [1.807, 2.05) is 36.4 Å². The highest BCUT2D eigenvalue weighted by Gasteiger charge is 2.34. The second kappa shape index (κ2) is 8.59. The van der Waals surface area contributed by atoms with E-state index in [-0.39, 0.29) is 11.8 Å². The predicted molar refractivity (Wildman–Crippen MR) is 112 cm³/mol. The van der Waals surface area contributed by atoms with Crippen LogP contribution in [0.5, 0.6) is 5.75 Å². The summed E-state index contributed by atoms with van der Waals surface area (Å²) >= 11 is 0. The van der Waals surface area contributed by atoms with Gasteiger partial charge >= 0.3 is 0 Å². The summed E-state index contributed by atoms with van der Waals surface area (Å²) in [6.45, 7) is 11.1. The highest BCUT2D eigenvalue weighted by atomic mass is 16.3. The quantitative estimate of drug-likeness (QED) is 0.757. The Hall–Kier alpha value is -2.63. The number of carbonyl (C=O) groups excluding carboxylic acids is 1. The van der Waals surface area contributed by atoms with Crippen LogP contribution in [-0.4, -0.2) is 52.5 Å². The van der Waals surface area contributed by atoms with Gasteiger partial charge in [0.2, 0.25) is 5.91 Å². The summed E-state index contributed by atoms with van der Waals surface area (Å²) in [4.78, 5) is 16.4. The first-order valence-electron chi connectivity index (χ1n) is 9.70. The lowest BCUT2D eigenvalue weighted by molar-refractivity contribution is 0.0306. The molecule has 5 heteroatoms. The van der Waals surface area contributed by atoms with Crippen LogP contribution in [0.2, 0.25) is 0 Å². The number of hydrogen-bond donors (Lipinski definition) is 2. The molecular weight excluding hydrogens is 350 g/mol. The van der Waals surface area contributed by atoms with Gasteiger partial charge in [-0.25, -0.2) is 0 Å². The van der Waals surface area contributed by atoms with E-state index in [1.165, 1.54) is 0 Å². The molecule has 0 aliphatic carbocycles. The first-order valence-corrected chi connectivity index (χ1v) is 9.70. The number of carbonyl (C=O) groups is 1. The minimum atomic E-state index is -0.430. The zero-order chi connectivity index (χ0) is 20.3. The van der Waals surface area contributed by atoms with Crippen LogP contribution in [0.4, 0.5) is 0 Å². The number of hydrogen-bond acceptors (Lipinski definition) is 4. The third-order valence-electron chi connectivity index (χ3n) is 5.56. The van der Waals surface area contributed by atoms with Crippen molar-refractivity contribution < 1.29 is 9.90 Å². The molecule has 5 nitrogen and oxygen atoms in total. The maximum absolute atomic E-state index is 11.5. The molecule has 1 fully saturated rings. The zero-order valence-electron chi connectivity index (χ0n) is 16.6. The van der Waals surface area contributed by atoms with E-state index < -0.39 is 5.91 Å². The summed E-state index contributed by atoms with van der Waals surface area (Å²) < 4.78 is 0. The largest absolute Gasteiger partial charge is 0.508 e. The molecule has 3 rings (SSSR count). The summed E-state index contributed by atoms with van der Waals surface area (Å²) in [5.74, 6) is -0.178. The second-order valence-corrected chi connectivity index (χ2v) is 7.62. The van der Waals surface area contributed by atoms with Crippen molar-refractivity contribution in [3.8, 4) is 5.75 Å². The van der Waals surface area contributed by atoms with Crippen molar-refractivity contribution in [2.45, 2.75) is 32.0 Å². The topological polar surface area (TPSA) is 69.8 Å². The Morgan fingerprint density at radius 3 is 2.50 bits per heavy atom. The van der Waals surface area contributed by atoms with E-state index in [1.54, 1.807) is 18.2 Å². The number of phenolic OH excluding ortho intramolecular Hbond substituents is 1. The lowest BCUT2D eigenvalue weighted by Crippen LogP contribution is -2.57. The Labute approximate surface area is 167 Å². The first-order chi connectivity index (χ1) is 13.4. The molecule has 28 heavy (non-hydrogen) atoms. The van der Waals surface area contributed by atoms with Crippen LogP contribution >= 0.6 is 0 Å². The van der Waals surface area contributed by atoms with Crippen LogP contribution in [0.15, 0.2) is 61.2 Å². The molecule has 1 aliphatic rings. The van der Waals surface area contributed by atoms with Crippen molar-refractivity contribution in [1.29, 1.82) is 0 Å². The van der Waals surface area contributed by atoms with Gasteiger partial charge in [-0.2, -0.15) is 0 Å². The number of benzene rings is 2. The van der Waals surface area contributed by atoms with Gasteiger partial charge in [-0.1, -0.05) is 30.3 Å². The molecule has 148 valence electrons. The molecule has 2 aromatic rings. The molecule has 0 bridgehead atoms. The van der Waals surface area contributed by atoms with Crippen LogP contribution in [0, 0.1) is 0 Å². The highest BCUT2D eigenvalue weighted by molar-refractivity contribution is 5.92. The molecule has 3 atom stereocenters. The number of amides is 1. The fourth-order valence-electron chi connectivity index (χ4n) is 4.10. The standard InChI is InChI=1S/C23H29N3O2/c1-4-12-25-14-17(3)26(15-16(25)2)22(20-6-5-7-21(27)13-20)18-8-10-19(11-9-18)23(24)28/h4-11,13,16-17,22,27H,1,12,14-15H2,2-3H3,(H2,24,28). The van der Waals surface area contributed by atoms with Crippen LogP contribution in [0.25, 0.3) is 0 Å². The smallest absolute Gasteiger partial charge is 0.248 e. The molecule has 0 spiro atoms. The van der Waals surface area contributed by atoms with Crippen LogP contribution in [0.3, 0.4) is 0 Å². The maximum Gasteiger partial charge on any atom is 0.248 e. The van der Waals surface area contributed by atoms with Gasteiger partial charge in [0.1, 0.15) is 5.75 Å². The van der Waals surface area contributed by atoms with Crippen molar-refractivity contribution in [1.82, 2.24) is 9.80 Å². The molecule has 0 saturated carbocycles. The van der Waals surface area contributed by atoms with E-state index in [9.17, 15) is 9.90 Å². The maximum atomic E-state index is 11.5. The number of primary amides is 1. The van der Waals surface area contributed by atoms with Crippen molar-refractivity contribution in [3.63, 3.8) is 0 Å². The van der Waals surface area contributed by atoms with E-state index in [2.05, 4.69) is 30.2 Å². The number of nitrogens with two attached hydrogens (primary N) is 1. The van der Waals surface area contributed by atoms with Gasteiger partial charge in [-0.15, -0.1) is 6.58 Å². The minimum absolute atomic E-state index is 0.0163. The number of rotatable bonds is 6. The Bertz CT molecular complexity index is 834. The monoisotopic (exact) mass is 379 g/mol. The third-order valence-corrected chi connectivity index (χ3v) is 5.56. The number of nitrogens with zero attached hydrogens (tertiary/aromatic N) is 2. The average molecular weight is 380 g/mol. The van der Waals surface area contributed by atoms with Gasteiger partial charge in [0.25, 0.3) is 0 Å². The normalized spacial score (nSPS) is 21.9. The van der Waals surface area contributed by atoms with Crippen molar-refractivity contribution in [2.24, 2.45) is 5.73 Å². The molecular formula is C23H29N3O2. The van der Waals surface area contributed by atoms with E-state index in [0.717, 1.165) is 30.8 Å². The highest BCUT2D eigenvalue weighted by Crippen LogP contribution is 2.34. The summed E-state index contributed by atoms with van der Waals surface area (Å²) in [5.41, 5.74) is 8.00. The van der Waals surface area contributed by atoms with E-state index in [0.29, 0.717) is 17.6 Å². The summed E-state index contributed by atoms with van der Waals surface area (Å²) in [6.07, 6.45) is 1.95. The van der Waals surface area contributed by atoms with Crippen molar-refractivity contribution >= 4 is 5.91 Å². The molecule has 1 aliphatic heterocycles. The van der Waals surface area contributed by atoms with Gasteiger partial charge in [0, 0.05) is 37.3 Å². The fraction of sp³-hybridized carbons (Fsp3) is 0.348. The average Bonchev–Trinajstić information content (AvgIpc) is 2.66. The van der Waals surface area contributed by atoms with Gasteiger partial charge in [-0.3, -0.25) is 14.6 Å². The van der Waals surface area contributed by atoms with E-state index >= 15 is 0 Å². The second-order valence-electron chi connectivity index (χ2n) is 7.62. The predicted octanol–water partition coefficient (Wildman–Crippen LogP) is 3.16. The Kier molecular flexibility index (Phi) is 6.17. The Morgan fingerprint density at radius 1 is 1.18 bits per heavy atom. The first kappa shape index (κ1) is 20.1. The van der Waals surface area contributed by atoms with Crippen LogP contribution in [-0.2, 0) is 0 Å². The minimum Gasteiger partial charge on any atom is -0.508 e. The SMILES string of the molecule is C=CCN1CC(C)N(C(c2ccc(C(N)=O)cc2)c2cccc(O)c2)CC1C. The molecule has 1 saturated heterocycles. The summed E-state index contributed by atoms with van der Waals surface area (Å²) in [7, 11) is 0. The number of piperazine rings is 1. The van der Waals surface area contributed by atoms with Gasteiger partial charge < -0.3 is 10.8 Å². The molecule has 2 aromatic carbocycles. The van der Waals surface area contributed by atoms with Crippen LogP contribution < -0.4 is 5.73 Å². The van der Waals surface area contributed by atoms with E-state index in [4.69, 9.17) is 5.73 Å². The number of aromatic hydroxyl groups is 1. The summed E-state index contributed by atoms with van der Waals surface area (Å²) in [6, 6.07) is 15.6. The Morgan fingerprint density at radius 2 is 1.89 bits per heavy atom. The molecule has 3 N–H and O–H groups in total. The van der Waals surface area contributed by atoms with Crippen molar-refractivity contribution in [2.75, 3.05) is 19.6 Å². The molecule has 0 radical (unpaired) electrons.